The van der Waals surface area contributed by atoms with Crippen LogP contribution in [0.5, 0.6) is 0 Å². The van der Waals surface area contributed by atoms with Crippen LogP contribution in [0.15, 0.2) is 0 Å². The molecule has 2 fully saturated rings. The smallest absolute Gasteiger partial charge is 0.223 e. The molecule has 2 unspecified atom stereocenters. The zero-order valence-corrected chi connectivity index (χ0v) is 11.6. The molecular weight excluding hydrogens is 266 g/mol. The topological polar surface area (TPSA) is 29.1 Å². The van der Waals surface area contributed by atoms with Gasteiger partial charge in [0.2, 0.25) is 5.91 Å². The summed E-state index contributed by atoms with van der Waals surface area (Å²) in [5, 5.41) is 3.25. The summed E-state index contributed by atoms with van der Waals surface area (Å²) in [5.74, 6) is 1.21. The second-order valence-electron chi connectivity index (χ2n) is 5.47. The lowest BCUT2D eigenvalue weighted by atomic mass is 9.93. The van der Waals surface area contributed by atoms with Crippen molar-refractivity contribution in [1.29, 1.82) is 0 Å². The van der Waals surface area contributed by atoms with Crippen molar-refractivity contribution in [2.75, 3.05) is 0 Å². The van der Waals surface area contributed by atoms with E-state index in [0.717, 1.165) is 19.3 Å². The quantitative estimate of drug-likeness (QED) is 0.776. The van der Waals surface area contributed by atoms with Gasteiger partial charge in [-0.15, -0.1) is 0 Å². The molecule has 2 nitrogen and oxygen atoms in total. The molecule has 0 aromatic rings. The largest absolute Gasteiger partial charge is 0.353 e. The zero-order chi connectivity index (χ0) is 11.5. The van der Waals surface area contributed by atoms with Gasteiger partial charge < -0.3 is 5.32 Å². The first-order valence-corrected chi connectivity index (χ1v) is 7.53. The Morgan fingerprint density at radius 1 is 1.12 bits per heavy atom. The van der Waals surface area contributed by atoms with Crippen LogP contribution in [-0.4, -0.2) is 16.8 Å². The fourth-order valence-electron chi connectivity index (χ4n) is 3.04. The van der Waals surface area contributed by atoms with E-state index in [1.54, 1.807) is 0 Å². The minimum Gasteiger partial charge on any atom is -0.353 e. The number of hydrogen-bond donors (Lipinski definition) is 1. The molecule has 2 saturated carbocycles. The highest BCUT2D eigenvalue weighted by Gasteiger charge is 2.31. The number of hydrogen-bond acceptors (Lipinski definition) is 1. The third kappa shape index (κ3) is 2.99. The van der Waals surface area contributed by atoms with Crippen LogP contribution < -0.4 is 5.32 Å². The van der Waals surface area contributed by atoms with Gasteiger partial charge in [0.05, 0.1) is 0 Å². The highest BCUT2D eigenvalue weighted by atomic mass is 79.9. The second-order valence-corrected chi connectivity index (χ2v) is 6.77. The van der Waals surface area contributed by atoms with Gasteiger partial charge in [0.15, 0.2) is 0 Å². The third-order valence-electron chi connectivity index (χ3n) is 4.20. The number of halogens is 1. The molecule has 2 aliphatic carbocycles. The van der Waals surface area contributed by atoms with Gasteiger partial charge in [-0.2, -0.15) is 0 Å². The molecule has 3 heteroatoms. The van der Waals surface area contributed by atoms with Crippen molar-refractivity contribution in [1.82, 2.24) is 5.32 Å². The Hall–Kier alpha value is -0.0500. The summed E-state index contributed by atoms with van der Waals surface area (Å²) in [6.07, 6.45) is 8.24. The number of rotatable bonds is 2. The second kappa shape index (κ2) is 5.52. The van der Waals surface area contributed by atoms with Gasteiger partial charge in [-0.3, -0.25) is 4.79 Å². The summed E-state index contributed by atoms with van der Waals surface area (Å²) < 4.78 is 0. The van der Waals surface area contributed by atoms with Gasteiger partial charge in [-0.25, -0.2) is 0 Å². The van der Waals surface area contributed by atoms with E-state index in [0.29, 0.717) is 28.6 Å². The Balaban J connectivity index is 1.78. The average Bonchev–Trinajstić information content (AvgIpc) is 2.68. The first-order chi connectivity index (χ1) is 7.66. The molecule has 0 aromatic heterocycles. The molecule has 2 aliphatic rings. The molecule has 0 saturated heterocycles. The maximum Gasteiger partial charge on any atom is 0.223 e. The Labute approximate surface area is 107 Å². The Morgan fingerprint density at radius 3 is 2.38 bits per heavy atom. The number of nitrogens with one attached hydrogen (secondary N) is 1. The molecule has 0 spiro atoms. The van der Waals surface area contributed by atoms with Crippen LogP contribution in [0.4, 0.5) is 0 Å². The lowest BCUT2D eigenvalue weighted by Crippen LogP contribution is -2.41. The van der Waals surface area contributed by atoms with Crippen molar-refractivity contribution in [3.05, 3.63) is 0 Å². The number of carbonyl (C=O) groups excluding carboxylic acids is 1. The molecule has 16 heavy (non-hydrogen) atoms. The van der Waals surface area contributed by atoms with Crippen molar-refractivity contribution in [2.45, 2.75) is 62.7 Å². The Morgan fingerprint density at radius 2 is 1.81 bits per heavy atom. The van der Waals surface area contributed by atoms with Crippen LogP contribution in [-0.2, 0) is 4.79 Å². The summed E-state index contributed by atoms with van der Waals surface area (Å²) in [5.41, 5.74) is 0. The zero-order valence-electron chi connectivity index (χ0n) is 10.0. The lowest BCUT2D eigenvalue weighted by molar-refractivity contribution is -0.126. The molecular formula is C13H22BrNO. The summed E-state index contributed by atoms with van der Waals surface area (Å²) in [7, 11) is 0. The van der Waals surface area contributed by atoms with E-state index in [4.69, 9.17) is 0 Å². The Kier molecular flexibility index (Phi) is 4.28. The molecule has 0 heterocycles. The fourth-order valence-corrected chi connectivity index (χ4v) is 3.57. The normalized spacial score (nSPS) is 39.6. The minimum absolute atomic E-state index is 0.293. The maximum atomic E-state index is 12.1. The van der Waals surface area contributed by atoms with Gasteiger partial charge >= 0.3 is 0 Å². The molecule has 2 rings (SSSR count). The highest BCUT2D eigenvalue weighted by Crippen LogP contribution is 2.32. The van der Waals surface area contributed by atoms with E-state index in [1.165, 1.54) is 25.7 Å². The van der Waals surface area contributed by atoms with E-state index in [-0.39, 0.29) is 0 Å². The molecule has 92 valence electrons. The maximum absolute atomic E-state index is 12.1. The Bertz CT molecular complexity index is 248. The predicted molar refractivity (Wildman–Crippen MR) is 69.6 cm³/mol. The van der Waals surface area contributed by atoms with Gasteiger partial charge in [0.25, 0.3) is 0 Å². The van der Waals surface area contributed by atoms with Gasteiger partial charge in [-0.1, -0.05) is 29.3 Å². The molecule has 0 aliphatic heterocycles. The molecule has 1 N–H and O–H groups in total. The number of alkyl halides is 1. The van der Waals surface area contributed by atoms with Crippen LogP contribution in [0.25, 0.3) is 0 Å². The predicted octanol–water partition coefficient (Wildman–Crippen LogP) is 3.24. The van der Waals surface area contributed by atoms with E-state index < -0.39 is 0 Å². The van der Waals surface area contributed by atoms with E-state index >= 15 is 0 Å². The van der Waals surface area contributed by atoms with Crippen LogP contribution in [0.1, 0.15) is 51.9 Å². The number of carbonyl (C=O) groups is 1. The van der Waals surface area contributed by atoms with Crippen molar-refractivity contribution in [3.63, 3.8) is 0 Å². The molecule has 2 atom stereocenters. The fraction of sp³-hybridized carbons (Fsp3) is 0.923. The van der Waals surface area contributed by atoms with Crippen molar-refractivity contribution < 1.29 is 4.79 Å². The number of amides is 1. The van der Waals surface area contributed by atoms with Gasteiger partial charge in [-0.05, 0) is 44.4 Å². The first-order valence-electron chi connectivity index (χ1n) is 6.61. The highest BCUT2D eigenvalue weighted by molar-refractivity contribution is 9.09. The van der Waals surface area contributed by atoms with E-state index in [2.05, 4.69) is 28.2 Å². The minimum atomic E-state index is 0.293. The van der Waals surface area contributed by atoms with Crippen LogP contribution >= 0.6 is 15.9 Å². The van der Waals surface area contributed by atoms with Crippen LogP contribution in [0.3, 0.4) is 0 Å². The molecule has 1 amide bonds. The summed E-state index contributed by atoms with van der Waals surface area (Å²) in [6, 6.07) is 0.439. The standard InChI is InChI=1S/C13H22BrNO/c1-9-3-2-4-12(9)13(16)15-11-7-5-10(14)6-8-11/h9-12H,2-8H2,1H3,(H,15,16). The monoisotopic (exact) mass is 287 g/mol. The van der Waals surface area contributed by atoms with Crippen LogP contribution in [0.2, 0.25) is 0 Å². The third-order valence-corrected chi connectivity index (χ3v) is 5.12. The summed E-state index contributed by atoms with van der Waals surface area (Å²) >= 11 is 3.65. The van der Waals surface area contributed by atoms with Gasteiger partial charge in [0.1, 0.15) is 0 Å². The van der Waals surface area contributed by atoms with Gasteiger partial charge in [0, 0.05) is 16.8 Å². The van der Waals surface area contributed by atoms with Crippen molar-refractivity contribution in [2.24, 2.45) is 11.8 Å². The van der Waals surface area contributed by atoms with Crippen molar-refractivity contribution >= 4 is 21.8 Å². The van der Waals surface area contributed by atoms with E-state index in [1.807, 2.05) is 0 Å². The van der Waals surface area contributed by atoms with Crippen molar-refractivity contribution in [3.8, 4) is 0 Å². The average molecular weight is 288 g/mol. The molecule has 0 bridgehead atoms. The SMILES string of the molecule is CC1CCCC1C(=O)NC1CCC(Br)CC1. The summed E-state index contributed by atoms with van der Waals surface area (Å²) in [6.45, 7) is 2.21. The van der Waals surface area contributed by atoms with Crippen LogP contribution in [0, 0.1) is 11.8 Å². The first kappa shape index (κ1) is 12.4. The molecule has 0 aromatic carbocycles. The molecule has 0 radical (unpaired) electrons. The lowest BCUT2D eigenvalue weighted by Gasteiger charge is -2.27. The van der Waals surface area contributed by atoms with E-state index in [9.17, 15) is 4.79 Å². The summed E-state index contributed by atoms with van der Waals surface area (Å²) in [4.78, 5) is 12.8.